The van der Waals surface area contributed by atoms with Crippen molar-refractivity contribution in [3.63, 3.8) is 0 Å². The second-order valence-corrected chi connectivity index (χ2v) is 6.80. The number of benzene rings is 1. The van der Waals surface area contributed by atoms with E-state index in [1.807, 2.05) is 21.4 Å². The van der Waals surface area contributed by atoms with E-state index in [1.54, 1.807) is 24.7 Å². The number of aryl methyl sites for hydroxylation is 2. The number of nitrogens with two attached hydrogens (primary N) is 1. The second-order valence-electron chi connectivity index (χ2n) is 4.82. The summed E-state index contributed by atoms with van der Waals surface area (Å²) in [5, 5.41) is 0. The molecule has 0 bridgehead atoms. The number of aromatic nitrogens is 4. The Bertz CT molecular complexity index is 881. The maximum Gasteiger partial charge on any atom is 0.201 e. The lowest BCUT2D eigenvalue weighted by molar-refractivity contribution is 0.594. The first-order valence-electron chi connectivity index (χ1n) is 6.37. The van der Waals surface area contributed by atoms with Gasteiger partial charge >= 0.3 is 0 Å². The third-order valence-electron chi connectivity index (χ3n) is 3.31. The van der Waals surface area contributed by atoms with E-state index in [9.17, 15) is 8.42 Å². The minimum absolute atomic E-state index is 0.202. The van der Waals surface area contributed by atoms with Crippen LogP contribution in [-0.2, 0) is 22.9 Å². The minimum atomic E-state index is -3.34. The molecule has 8 heteroatoms. The van der Waals surface area contributed by atoms with Crippen molar-refractivity contribution in [3.05, 3.63) is 36.9 Å². The average Bonchev–Trinajstić information content (AvgIpc) is 3.01. The Balaban J connectivity index is 2.05. The van der Waals surface area contributed by atoms with Crippen molar-refractivity contribution in [2.24, 2.45) is 0 Å². The van der Waals surface area contributed by atoms with Gasteiger partial charge in [0.2, 0.25) is 5.95 Å². The van der Waals surface area contributed by atoms with Crippen molar-refractivity contribution in [2.45, 2.75) is 18.0 Å². The zero-order valence-electron chi connectivity index (χ0n) is 11.5. The molecular formula is C13H15N5O2S. The standard InChI is InChI=1S/C13H15N5O2S/c1-21(19,20)11-4-2-3-10-12(11)16-13(14)18(10)8-7-17-6-5-15-9-17/h2-6,9H,7-8H2,1H3,(H2,14,16). The maximum absolute atomic E-state index is 11.8. The summed E-state index contributed by atoms with van der Waals surface area (Å²) in [5.41, 5.74) is 7.07. The quantitative estimate of drug-likeness (QED) is 0.773. The highest BCUT2D eigenvalue weighted by molar-refractivity contribution is 7.91. The molecule has 0 radical (unpaired) electrons. The summed E-state index contributed by atoms with van der Waals surface area (Å²) in [7, 11) is -3.34. The van der Waals surface area contributed by atoms with Crippen molar-refractivity contribution >= 4 is 26.8 Å². The van der Waals surface area contributed by atoms with E-state index in [4.69, 9.17) is 5.73 Å². The molecule has 3 aromatic rings. The van der Waals surface area contributed by atoms with E-state index in [0.29, 0.717) is 24.6 Å². The third-order valence-corrected chi connectivity index (χ3v) is 4.44. The van der Waals surface area contributed by atoms with Crippen molar-refractivity contribution in [1.82, 2.24) is 19.1 Å². The molecule has 21 heavy (non-hydrogen) atoms. The molecule has 0 saturated carbocycles. The van der Waals surface area contributed by atoms with Gasteiger partial charge in [0.25, 0.3) is 0 Å². The van der Waals surface area contributed by atoms with Crippen molar-refractivity contribution in [1.29, 1.82) is 0 Å². The fourth-order valence-corrected chi connectivity index (χ4v) is 3.14. The van der Waals surface area contributed by atoms with Gasteiger partial charge in [0, 0.05) is 31.7 Å². The van der Waals surface area contributed by atoms with Gasteiger partial charge < -0.3 is 14.9 Å². The molecule has 2 N–H and O–H groups in total. The number of hydrogen-bond donors (Lipinski definition) is 1. The highest BCUT2D eigenvalue weighted by atomic mass is 32.2. The molecule has 0 amide bonds. The molecule has 0 aliphatic rings. The smallest absolute Gasteiger partial charge is 0.201 e. The SMILES string of the molecule is CS(=O)(=O)c1cccc2c1nc(N)n2CCn1ccnc1. The van der Waals surface area contributed by atoms with Crippen LogP contribution < -0.4 is 5.73 Å². The first-order chi connectivity index (χ1) is 9.97. The van der Waals surface area contributed by atoms with E-state index in [-0.39, 0.29) is 4.90 Å². The molecular weight excluding hydrogens is 290 g/mol. The number of para-hydroxylation sites is 1. The molecule has 0 aliphatic heterocycles. The van der Waals surface area contributed by atoms with E-state index in [0.717, 1.165) is 5.52 Å². The Kier molecular flexibility index (Phi) is 3.17. The molecule has 2 heterocycles. The maximum atomic E-state index is 11.8. The Hall–Kier alpha value is -2.35. The highest BCUT2D eigenvalue weighted by Gasteiger charge is 2.17. The van der Waals surface area contributed by atoms with Crippen LogP contribution in [0.15, 0.2) is 41.8 Å². The Labute approximate surface area is 122 Å². The first kappa shape index (κ1) is 13.6. The Morgan fingerprint density at radius 2 is 2.10 bits per heavy atom. The third kappa shape index (κ3) is 2.49. The molecule has 0 saturated heterocycles. The molecule has 2 aromatic heterocycles. The lowest BCUT2D eigenvalue weighted by Crippen LogP contribution is -2.08. The number of hydrogen-bond acceptors (Lipinski definition) is 5. The van der Waals surface area contributed by atoms with Gasteiger partial charge in [0.05, 0.1) is 16.7 Å². The van der Waals surface area contributed by atoms with Crippen LogP contribution in [0.5, 0.6) is 0 Å². The van der Waals surface area contributed by atoms with Crippen LogP contribution in [0, 0.1) is 0 Å². The number of sulfone groups is 1. The van der Waals surface area contributed by atoms with Gasteiger partial charge in [-0.3, -0.25) is 0 Å². The molecule has 0 spiro atoms. The van der Waals surface area contributed by atoms with Gasteiger partial charge in [-0.05, 0) is 12.1 Å². The molecule has 0 unspecified atom stereocenters. The molecule has 1 aromatic carbocycles. The van der Waals surface area contributed by atoms with Crippen molar-refractivity contribution < 1.29 is 8.42 Å². The average molecular weight is 305 g/mol. The van der Waals surface area contributed by atoms with Crippen LogP contribution in [0.2, 0.25) is 0 Å². The minimum Gasteiger partial charge on any atom is -0.369 e. The lowest BCUT2D eigenvalue weighted by atomic mass is 10.3. The molecule has 0 aliphatic carbocycles. The Morgan fingerprint density at radius 3 is 2.76 bits per heavy atom. The second kappa shape index (κ2) is 4.88. The number of nitrogen functional groups attached to an aromatic ring is 1. The number of rotatable bonds is 4. The Morgan fingerprint density at radius 1 is 1.29 bits per heavy atom. The lowest BCUT2D eigenvalue weighted by Gasteiger charge is -2.07. The summed E-state index contributed by atoms with van der Waals surface area (Å²) in [6.45, 7) is 1.27. The molecule has 3 rings (SSSR count). The van der Waals surface area contributed by atoms with Crippen molar-refractivity contribution in [3.8, 4) is 0 Å². The molecule has 0 fully saturated rings. The van der Waals surface area contributed by atoms with Gasteiger partial charge in [-0.15, -0.1) is 0 Å². The normalized spacial score (nSPS) is 12.0. The summed E-state index contributed by atoms with van der Waals surface area (Å²) >= 11 is 0. The fraction of sp³-hybridized carbons (Fsp3) is 0.231. The van der Waals surface area contributed by atoms with Crippen LogP contribution in [0.25, 0.3) is 11.0 Å². The predicted molar refractivity (Wildman–Crippen MR) is 79.5 cm³/mol. The van der Waals surface area contributed by atoms with E-state index < -0.39 is 9.84 Å². The van der Waals surface area contributed by atoms with Gasteiger partial charge in [-0.1, -0.05) is 6.07 Å². The molecule has 0 atom stereocenters. The highest BCUT2D eigenvalue weighted by Crippen LogP contribution is 2.24. The van der Waals surface area contributed by atoms with E-state index >= 15 is 0 Å². The molecule has 7 nitrogen and oxygen atoms in total. The zero-order chi connectivity index (χ0) is 15.0. The van der Waals surface area contributed by atoms with Crippen LogP contribution >= 0.6 is 0 Å². The largest absolute Gasteiger partial charge is 0.369 e. The summed E-state index contributed by atoms with van der Waals surface area (Å²) in [4.78, 5) is 8.40. The molecule has 110 valence electrons. The van der Waals surface area contributed by atoms with Crippen LogP contribution in [-0.4, -0.2) is 33.8 Å². The van der Waals surface area contributed by atoms with E-state index in [1.165, 1.54) is 6.26 Å². The van der Waals surface area contributed by atoms with Gasteiger partial charge in [-0.2, -0.15) is 0 Å². The van der Waals surface area contributed by atoms with Crippen LogP contribution in [0.1, 0.15) is 0 Å². The number of imidazole rings is 2. The summed E-state index contributed by atoms with van der Waals surface area (Å²) in [6, 6.07) is 5.07. The monoisotopic (exact) mass is 305 g/mol. The predicted octanol–water partition coefficient (Wildman–Crippen LogP) is 0.919. The summed E-state index contributed by atoms with van der Waals surface area (Å²) in [6.07, 6.45) is 6.45. The number of nitrogens with zero attached hydrogens (tertiary/aromatic N) is 4. The number of anilines is 1. The fourth-order valence-electron chi connectivity index (χ4n) is 2.31. The van der Waals surface area contributed by atoms with E-state index in [2.05, 4.69) is 9.97 Å². The summed E-state index contributed by atoms with van der Waals surface area (Å²) in [5.74, 6) is 0.307. The number of fused-ring (bicyclic) bond motifs is 1. The topological polar surface area (TPSA) is 95.8 Å². The van der Waals surface area contributed by atoms with Gasteiger partial charge in [0.1, 0.15) is 5.52 Å². The van der Waals surface area contributed by atoms with Crippen molar-refractivity contribution in [2.75, 3.05) is 12.0 Å². The van der Waals surface area contributed by atoms with Crippen LogP contribution in [0.3, 0.4) is 0 Å². The van der Waals surface area contributed by atoms with Gasteiger partial charge in [0.15, 0.2) is 9.84 Å². The van der Waals surface area contributed by atoms with Gasteiger partial charge in [-0.25, -0.2) is 18.4 Å². The summed E-state index contributed by atoms with van der Waals surface area (Å²) < 4.78 is 27.4. The first-order valence-corrected chi connectivity index (χ1v) is 8.26. The van der Waals surface area contributed by atoms with Crippen LogP contribution in [0.4, 0.5) is 5.95 Å². The zero-order valence-corrected chi connectivity index (χ0v) is 12.3.